The zero-order valence-corrected chi connectivity index (χ0v) is 10.4. The van der Waals surface area contributed by atoms with Crippen molar-refractivity contribution in [1.82, 2.24) is 15.0 Å². The van der Waals surface area contributed by atoms with Crippen LogP contribution in [0.15, 0.2) is 36.8 Å². The molecule has 3 aromatic rings. The molecule has 0 aliphatic heterocycles. The summed E-state index contributed by atoms with van der Waals surface area (Å²) in [6.07, 6.45) is 3.43. The van der Waals surface area contributed by atoms with Gasteiger partial charge >= 0.3 is 0 Å². The van der Waals surface area contributed by atoms with Crippen LogP contribution in [0.25, 0.3) is 11.0 Å². The zero-order chi connectivity index (χ0) is 12.5. The molecule has 0 saturated heterocycles. The van der Waals surface area contributed by atoms with Gasteiger partial charge in [-0.05, 0) is 37.1 Å². The van der Waals surface area contributed by atoms with Gasteiger partial charge in [0.05, 0.1) is 5.39 Å². The molecule has 0 saturated carbocycles. The van der Waals surface area contributed by atoms with Crippen LogP contribution in [0, 0.1) is 13.8 Å². The van der Waals surface area contributed by atoms with E-state index in [1.165, 1.54) is 11.1 Å². The minimum absolute atomic E-state index is 0.829. The third-order valence-electron chi connectivity index (χ3n) is 3.00. The number of hydrogen-bond acceptors (Lipinski definition) is 3. The van der Waals surface area contributed by atoms with Crippen molar-refractivity contribution in [2.75, 3.05) is 5.32 Å². The quantitative estimate of drug-likeness (QED) is 0.720. The third kappa shape index (κ3) is 1.82. The molecule has 1 aromatic carbocycles. The summed E-state index contributed by atoms with van der Waals surface area (Å²) in [5.74, 6) is 0.829. The van der Waals surface area contributed by atoms with Crippen LogP contribution in [0.4, 0.5) is 11.5 Å². The lowest BCUT2D eigenvalue weighted by atomic mass is 10.1. The van der Waals surface area contributed by atoms with Crippen molar-refractivity contribution < 1.29 is 0 Å². The Bertz CT molecular complexity index is 700. The molecule has 4 heteroatoms. The lowest BCUT2D eigenvalue weighted by molar-refractivity contribution is 1.19. The topological polar surface area (TPSA) is 53.6 Å². The molecule has 3 rings (SSSR count). The second-order valence-electron chi connectivity index (χ2n) is 4.41. The van der Waals surface area contributed by atoms with Gasteiger partial charge in [0.25, 0.3) is 0 Å². The zero-order valence-electron chi connectivity index (χ0n) is 10.4. The molecule has 0 bridgehead atoms. The normalized spacial score (nSPS) is 10.8. The summed E-state index contributed by atoms with van der Waals surface area (Å²) in [7, 11) is 0. The molecule has 0 amide bonds. The number of fused-ring (bicyclic) bond motifs is 1. The average Bonchev–Trinajstić information content (AvgIpc) is 2.83. The van der Waals surface area contributed by atoms with E-state index in [0.717, 1.165) is 22.5 Å². The van der Waals surface area contributed by atoms with Gasteiger partial charge in [-0.2, -0.15) is 0 Å². The number of aryl methyl sites for hydroxylation is 2. The molecule has 2 heterocycles. The molecule has 2 aromatic heterocycles. The fourth-order valence-electron chi connectivity index (χ4n) is 1.97. The lowest BCUT2D eigenvalue weighted by Crippen LogP contribution is -1.97. The Morgan fingerprint density at radius 3 is 2.89 bits per heavy atom. The molecule has 0 spiro atoms. The van der Waals surface area contributed by atoms with Gasteiger partial charge in [-0.1, -0.05) is 12.1 Å². The van der Waals surface area contributed by atoms with Gasteiger partial charge in [-0.15, -0.1) is 0 Å². The fraction of sp³-hybridized carbons (Fsp3) is 0.143. The van der Waals surface area contributed by atoms with Crippen molar-refractivity contribution in [2.45, 2.75) is 13.8 Å². The van der Waals surface area contributed by atoms with E-state index in [1.807, 2.05) is 12.3 Å². The number of anilines is 2. The smallest absolute Gasteiger partial charge is 0.143 e. The Hall–Kier alpha value is -2.36. The van der Waals surface area contributed by atoms with Gasteiger partial charge in [-0.3, -0.25) is 0 Å². The van der Waals surface area contributed by atoms with Crippen LogP contribution < -0.4 is 5.32 Å². The first kappa shape index (κ1) is 10.8. The van der Waals surface area contributed by atoms with Crippen molar-refractivity contribution in [3.63, 3.8) is 0 Å². The summed E-state index contributed by atoms with van der Waals surface area (Å²) in [6.45, 7) is 4.16. The lowest BCUT2D eigenvalue weighted by Gasteiger charge is -2.10. The number of aromatic nitrogens is 3. The Balaban J connectivity index is 2.06. The predicted octanol–water partition coefficient (Wildman–Crippen LogP) is 3.32. The van der Waals surface area contributed by atoms with Gasteiger partial charge in [0.15, 0.2) is 0 Å². The van der Waals surface area contributed by atoms with Crippen molar-refractivity contribution in [3.05, 3.63) is 47.9 Å². The first-order valence-electron chi connectivity index (χ1n) is 5.86. The van der Waals surface area contributed by atoms with Crippen molar-refractivity contribution in [1.29, 1.82) is 0 Å². The molecule has 0 radical (unpaired) electrons. The average molecular weight is 238 g/mol. The Labute approximate surface area is 105 Å². The van der Waals surface area contributed by atoms with E-state index in [-0.39, 0.29) is 0 Å². The number of nitrogens with zero attached hydrogens (tertiary/aromatic N) is 2. The van der Waals surface area contributed by atoms with Crippen molar-refractivity contribution >= 4 is 22.5 Å². The standard InChI is InChI=1S/C14H14N4/c1-9-3-4-10(2)12(7-9)18-14-11-5-6-15-13(11)16-8-17-14/h3-8H,1-2H3,(H2,15,16,17,18). The summed E-state index contributed by atoms with van der Waals surface area (Å²) in [5.41, 5.74) is 4.35. The Morgan fingerprint density at radius 1 is 1.11 bits per heavy atom. The number of benzene rings is 1. The molecular weight excluding hydrogens is 224 g/mol. The third-order valence-corrected chi connectivity index (χ3v) is 3.00. The van der Waals surface area contributed by atoms with Crippen LogP contribution in [-0.2, 0) is 0 Å². The van der Waals surface area contributed by atoms with E-state index in [2.05, 4.69) is 52.3 Å². The van der Waals surface area contributed by atoms with Crippen molar-refractivity contribution in [2.24, 2.45) is 0 Å². The summed E-state index contributed by atoms with van der Waals surface area (Å²) >= 11 is 0. The highest BCUT2D eigenvalue weighted by atomic mass is 15.0. The highest BCUT2D eigenvalue weighted by Crippen LogP contribution is 2.24. The first-order valence-corrected chi connectivity index (χ1v) is 5.86. The Kier molecular flexibility index (Phi) is 2.48. The largest absolute Gasteiger partial charge is 0.346 e. The second kappa shape index (κ2) is 4.14. The van der Waals surface area contributed by atoms with Gasteiger partial charge in [0, 0.05) is 11.9 Å². The maximum atomic E-state index is 4.30. The number of H-pyrrole nitrogens is 1. The van der Waals surface area contributed by atoms with E-state index >= 15 is 0 Å². The van der Waals surface area contributed by atoms with Gasteiger partial charge in [0.1, 0.15) is 17.8 Å². The SMILES string of the molecule is Cc1ccc(C)c(Nc2ncnc3[nH]ccc23)c1. The van der Waals surface area contributed by atoms with Gasteiger partial charge in [0.2, 0.25) is 0 Å². The molecule has 4 nitrogen and oxygen atoms in total. The van der Waals surface area contributed by atoms with E-state index in [9.17, 15) is 0 Å². The number of nitrogens with one attached hydrogen (secondary N) is 2. The van der Waals surface area contributed by atoms with Crippen LogP contribution >= 0.6 is 0 Å². The second-order valence-corrected chi connectivity index (χ2v) is 4.41. The fourth-order valence-corrected chi connectivity index (χ4v) is 1.97. The molecular formula is C14H14N4. The maximum Gasteiger partial charge on any atom is 0.143 e. The van der Waals surface area contributed by atoms with E-state index in [0.29, 0.717) is 0 Å². The molecule has 18 heavy (non-hydrogen) atoms. The number of aromatic amines is 1. The van der Waals surface area contributed by atoms with Crippen LogP contribution in [-0.4, -0.2) is 15.0 Å². The highest BCUT2D eigenvalue weighted by molar-refractivity contribution is 5.88. The maximum absolute atomic E-state index is 4.30. The molecule has 2 N–H and O–H groups in total. The van der Waals surface area contributed by atoms with E-state index < -0.39 is 0 Å². The number of rotatable bonds is 2. The molecule has 90 valence electrons. The summed E-state index contributed by atoms with van der Waals surface area (Å²) < 4.78 is 0. The Morgan fingerprint density at radius 2 is 2.00 bits per heavy atom. The molecule has 0 unspecified atom stereocenters. The highest BCUT2D eigenvalue weighted by Gasteiger charge is 2.06. The van der Waals surface area contributed by atoms with Gasteiger partial charge < -0.3 is 10.3 Å². The van der Waals surface area contributed by atoms with E-state index in [4.69, 9.17) is 0 Å². The molecule has 0 fully saturated rings. The molecule has 0 aliphatic rings. The number of hydrogen-bond donors (Lipinski definition) is 2. The monoisotopic (exact) mass is 238 g/mol. The molecule has 0 atom stereocenters. The van der Waals surface area contributed by atoms with Crippen LogP contribution in [0.1, 0.15) is 11.1 Å². The van der Waals surface area contributed by atoms with Gasteiger partial charge in [-0.25, -0.2) is 9.97 Å². The summed E-state index contributed by atoms with van der Waals surface area (Å²) in [6, 6.07) is 8.30. The van der Waals surface area contributed by atoms with Crippen LogP contribution in [0.2, 0.25) is 0 Å². The van der Waals surface area contributed by atoms with Crippen LogP contribution in [0.3, 0.4) is 0 Å². The van der Waals surface area contributed by atoms with E-state index in [1.54, 1.807) is 6.33 Å². The first-order chi connectivity index (χ1) is 8.74. The minimum Gasteiger partial charge on any atom is -0.346 e. The summed E-state index contributed by atoms with van der Waals surface area (Å²) in [4.78, 5) is 11.6. The minimum atomic E-state index is 0.829. The molecule has 0 aliphatic carbocycles. The predicted molar refractivity (Wildman–Crippen MR) is 73.1 cm³/mol. The van der Waals surface area contributed by atoms with Crippen molar-refractivity contribution in [3.8, 4) is 0 Å². The summed E-state index contributed by atoms with van der Waals surface area (Å²) in [5, 5.41) is 4.37. The van der Waals surface area contributed by atoms with Crippen LogP contribution in [0.5, 0.6) is 0 Å².